The average molecular weight is 281 g/mol. The second-order valence-corrected chi connectivity index (χ2v) is 4.64. The molecule has 0 unspecified atom stereocenters. The molecule has 3 aromatic rings. The molecule has 106 valence electrons. The first-order chi connectivity index (χ1) is 10.2. The second kappa shape index (κ2) is 5.38. The first-order valence-electron chi connectivity index (χ1n) is 6.55. The van der Waals surface area contributed by atoms with Gasteiger partial charge in [-0.25, -0.2) is 10.0 Å². The molecule has 2 aromatic heterocycles. The minimum absolute atomic E-state index is 0.202. The van der Waals surface area contributed by atoms with Crippen molar-refractivity contribution in [2.24, 2.45) is 0 Å². The van der Waals surface area contributed by atoms with Crippen LogP contribution in [0.5, 0.6) is 0 Å². The van der Waals surface area contributed by atoms with Gasteiger partial charge in [0.25, 0.3) is 5.91 Å². The van der Waals surface area contributed by atoms with E-state index in [1.165, 1.54) is 12.2 Å². The van der Waals surface area contributed by atoms with Gasteiger partial charge in [-0.1, -0.05) is 30.3 Å². The zero-order chi connectivity index (χ0) is 14.8. The Hall–Kier alpha value is -2.66. The van der Waals surface area contributed by atoms with Gasteiger partial charge in [0.15, 0.2) is 0 Å². The molecule has 0 fully saturated rings. The fraction of sp³-hybridized carbons (Fsp3) is 0.125. The molecule has 0 N–H and O–H groups in total. The largest absolute Gasteiger partial charge is 0.299 e. The van der Waals surface area contributed by atoms with Gasteiger partial charge in [-0.3, -0.25) is 14.0 Å². The van der Waals surface area contributed by atoms with Crippen molar-refractivity contribution >= 4 is 11.6 Å². The van der Waals surface area contributed by atoms with E-state index in [-0.39, 0.29) is 5.91 Å². The molecule has 0 bridgehead atoms. The van der Waals surface area contributed by atoms with E-state index in [9.17, 15) is 4.79 Å². The Balaban J connectivity index is 2.11. The number of carbonyl (C=O) groups is 1. The number of pyridine rings is 1. The quantitative estimate of drug-likeness (QED) is 0.693. The highest BCUT2D eigenvalue weighted by atomic mass is 16.7. The third-order valence-electron chi connectivity index (χ3n) is 3.38. The van der Waals surface area contributed by atoms with Crippen LogP contribution in [0, 0.1) is 0 Å². The topological polar surface area (TPSA) is 46.8 Å². The van der Waals surface area contributed by atoms with E-state index in [1.54, 1.807) is 25.5 Å². The van der Waals surface area contributed by atoms with Gasteiger partial charge in [-0.15, -0.1) is 0 Å². The lowest BCUT2D eigenvalue weighted by atomic mass is 10.2. The van der Waals surface area contributed by atoms with Gasteiger partial charge in [-0.05, 0) is 12.1 Å². The highest BCUT2D eigenvalue weighted by molar-refractivity contribution is 5.93. The summed E-state index contributed by atoms with van der Waals surface area (Å²) in [5.41, 5.74) is 3.34. The smallest absolute Gasteiger partial charge is 0.278 e. The molecule has 3 rings (SSSR count). The first-order valence-corrected chi connectivity index (χ1v) is 6.55. The number of hydroxylamine groups is 2. The average Bonchev–Trinajstić information content (AvgIpc) is 2.97. The molecule has 1 aromatic carbocycles. The minimum Gasteiger partial charge on any atom is -0.299 e. The van der Waals surface area contributed by atoms with E-state index in [0.717, 1.165) is 16.9 Å². The lowest BCUT2D eigenvalue weighted by Gasteiger charge is -2.13. The SMILES string of the molecule is CON(C)C(=O)c1ccc2ncc(-c3ccccc3)n2c1. The molecule has 0 aliphatic rings. The van der Waals surface area contributed by atoms with Crippen LogP contribution < -0.4 is 0 Å². The van der Waals surface area contributed by atoms with Gasteiger partial charge in [0.1, 0.15) is 5.65 Å². The van der Waals surface area contributed by atoms with Gasteiger partial charge in [0, 0.05) is 18.8 Å². The summed E-state index contributed by atoms with van der Waals surface area (Å²) in [4.78, 5) is 21.5. The Bertz CT molecular complexity index is 781. The molecule has 0 saturated carbocycles. The van der Waals surface area contributed by atoms with Crippen molar-refractivity contribution < 1.29 is 9.63 Å². The molecule has 5 heteroatoms. The van der Waals surface area contributed by atoms with Crippen molar-refractivity contribution in [3.05, 3.63) is 60.4 Å². The number of nitrogens with zero attached hydrogens (tertiary/aromatic N) is 3. The van der Waals surface area contributed by atoms with Gasteiger partial charge in [0.2, 0.25) is 0 Å². The monoisotopic (exact) mass is 281 g/mol. The number of imidazole rings is 1. The van der Waals surface area contributed by atoms with E-state index < -0.39 is 0 Å². The molecule has 0 atom stereocenters. The van der Waals surface area contributed by atoms with Crippen LogP contribution in [0.4, 0.5) is 0 Å². The summed E-state index contributed by atoms with van der Waals surface area (Å²) in [5.74, 6) is -0.202. The summed E-state index contributed by atoms with van der Waals surface area (Å²) < 4.78 is 1.91. The molecule has 0 radical (unpaired) electrons. The summed E-state index contributed by atoms with van der Waals surface area (Å²) in [6.45, 7) is 0. The van der Waals surface area contributed by atoms with Crippen molar-refractivity contribution in [3.63, 3.8) is 0 Å². The van der Waals surface area contributed by atoms with E-state index in [2.05, 4.69) is 4.98 Å². The minimum atomic E-state index is -0.202. The normalized spacial score (nSPS) is 10.8. The van der Waals surface area contributed by atoms with Gasteiger partial charge >= 0.3 is 0 Å². The van der Waals surface area contributed by atoms with E-state index in [4.69, 9.17) is 4.84 Å². The van der Waals surface area contributed by atoms with Gasteiger partial charge in [0.05, 0.1) is 24.6 Å². The lowest BCUT2D eigenvalue weighted by molar-refractivity contribution is -0.0757. The summed E-state index contributed by atoms with van der Waals surface area (Å²) in [5, 5.41) is 1.19. The molecular formula is C16H15N3O2. The zero-order valence-electron chi connectivity index (χ0n) is 11.9. The summed E-state index contributed by atoms with van der Waals surface area (Å²) in [6, 6.07) is 13.5. The highest BCUT2D eigenvalue weighted by Crippen LogP contribution is 2.21. The Morgan fingerprint density at radius 1 is 1.19 bits per heavy atom. The summed E-state index contributed by atoms with van der Waals surface area (Å²) >= 11 is 0. The molecule has 0 aliphatic carbocycles. The number of hydrogen-bond donors (Lipinski definition) is 0. The third-order valence-corrected chi connectivity index (χ3v) is 3.38. The van der Waals surface area contributed by atoms with Gasteiger partial charge < -0.3 is 0 Å². The number of amides is 1. The van der Waals surface area contributed by atoms with Crippen LogP contribution >= 0.6 is 0 Å². The van der Waals surface area contributed by atoms with Crippen molar-refractivity contribution in [1.29, 1.82) is 0 Å². The summed E-state index contributed by atoms with van der Waals surface area (Å²) in [7, 11) is 3.04. The maximum atomic E-state index is 12.2. The zero-order valence-corrected chi connectivity index (χ0v) is 11.9. The molecule has 5 nitrogen and oxygen atoms in total. The molecule has 0 spiro atoms. The fourth-order valence-electron chi connectivity index (χ4n) is 2.19. The number of aromatic nitrogens is 2. The van der Waals surface area contributed by atoms with Crippen molar-refractivity contribution in [2.75, 3.05) is 14.2 Å². The predicted octanol–water partition coefficient (Wildman–Crippen LogP) is 2.63. The Kier molecular flexibility index (Phi) is 3.41. The van der Waals surface area contributed by atoms with Crippen LogP contribution in [0.25, 0.3) is 16.9 Å². The first kappa shape index (κ1) is 13.3. The number of benzene rings is 1. The number of rotatable bonds is 3. The van der Waals surface area contributed by atoms with Crippen LogP contribution in [0.1, 0.15) is 10.4 Å². The number of hydrogen-bond acceptors (Lipinski definition) is 3. The Morgan fingerprint density at radius 3 is 2.67 bits per heavy atom. The van der Waals surface area contributed by atoms with E-state index in [1.807, 2.05) is 40.8 Å². The van der Waals surface area contributed by atoms with Crippen LogP contribution in [-0.4, -0.2) is 34.5 Å². The van der Waals surface area contributed by atoms with Gasteiger partial charge in [-0.2, -0.15) is 0 Å². The maximum absolute atomic E-state index is 12.2. The van der Waals surface area contributed by atoms with Crippen LogP contribution in [0.15, 0.2) is 54.9 Å². The molecule has 1 amide bonds. The van der Waals surface area contributed by atoms with Crippen molar-refractivity contribution in [2.45, 2.75) is 0 Å². The lowest BCUT2D eigenvalue weighted by Crippen LogP contribution is -2.25. The molecule has 2 heterocycles. The fourth-order valence-corrected chi connectivity index (χ4v) is 2.19. The Labute approximate surface area is 122 Å². The predicted molar refractivity (Wildman–Crippen MR) is 79.7 cm³/mol. The van der Waals surface area contributed by atoms with E-state index in [0.29, 0.717) is 5.56 Å². The van der Waals surface area contributed by atoms with Crippen LogP contribution in [-0.2, 0) is 4.84 Å². The molecule has 21 heavy (non-hydrogen) atoms. The molecule has 0 saturated heterocycles. The maximum Gasteiger partial charge on any atom is 0.278 e. The number of carbonyl (C=O) groups excluding carboxylic acids is 1. The third kappa shape index (κ3) is 2.39. The molecule has 0 aliphatic heterocycles. The van der Waals surface area contributed by atoms with Crippen molar-refractivity contribution in [1.82, 2.24) is 14.4 Å². The van der Waals surface area contributed by atoms with E-state index >= 15 is 0 Å². The van der Waals surface area contributed by atoms with Crippen molar-refractivity contribution in [3.8, 4) is 11.3 Å². The summed E-state index contributed by atoms with van der Waals surface area (Å²) in [6.07, 6.45) is 3.58. The second-order valence-electron chi connectivity index (χ2n) is 4.64. The molecular weight excluding hydrogens is 266 g/mol. The number of fused-ring (bicyclic) bond motifs is 1. The Morgan fingerprint density at radius 2 is 1.95 bits per heavy atom. The van der Waals surface area contributed by atoms with Crippen LogP contribution in [0.2, 0.25) is 0 Å². The highest BCUT2D eigenvalue weighted by Gasteiger charge is 2.13. The van der Waals surface area contributed by atoms with Crippen LogP contribution in [0.3, 0.4) is 0 Å². The standard InChI is InChI=1S/C16H15N3O2/c1-18(21-2)16(20)13-8-9-15-17-10-14(19(15)11-13)12-6-4-3-5-7-12/h3-11H,1-2H3.